The van der Waals surface area contributed by atoms with E-state index in [1.165, 1.54) is 35.2 Å². The number of carbonyl (C=O) groups is 1. The van der Waals surface area contributed by atoms with Gasteiger partial charge in [-0.05, 0) is 51.0 Å². The van der Waals surface area contributed by atoms with Crippen LogP contribution in [0.25, 0.3) is 10.2 Å². The van der Waals surface area contributed by atoms with Crippen LogP contribution in [-0.4, -0.2) is 43.8 Å². The summed E-state index contributed by atoms with van der Waals surface area (Å²) >= 11 is 0.995. The summed E-state index contributed by atoms with van der Waals surface area (Å²) < 4.78 is 59.0. The number of hydrogen-bond donors (Lipinski definition) is 0. The average Bonchev–Trinajstić information content (AvgIpc) is 3.41. The van der Waals surface area contributed by atoms with Crippen molar-refractivity contribution in [2.75, 3.05) is 18.1 Å². The number of thiazole rings is 1. The molecule has 1 amide bonds. The van der Waals surface area contributed by atoms with E-state index in [0.29, 0.717) is 6.61 Å². The third kappa shape index (κ3) is 4.39. The molecule has 1 saturated heterocycles. The number of halogens is 2. The lowest BCUT2D eigenvalue weighted by Gasteiger charge is -2.23. The number of hydrogen-bond acceptors (Lipinski definition) is 6. The van der Waals surface area contributed by atoms with Crippen LogP contribution in [0.2, 0.25) is 0 Å². The summed E-state index contributed by atoms with van der Waals surface area (Å²) in [5.74, 6) is -2.02. The van der Waals surface area contributed by atoms with Gasteiger partial charge < -0.3 is 4.74 Å². The van der Waals surface area contributed by atoms with Gasteiger partial charge >= 0.3 is 0 Å². The average molecular weight is 481 g/mol. The first-order chi connectivity index (χ1) is 15.2. The highest BCUT2D eigenvalue weighted by Gasteiger charge is 2.29. The first kappa shape index (κ1) is 22.8. The van der Waals surface area contributed by atoms with Gasteiger partial charge in [0.15, 0.2) is 20.8 Å². The second-order valence-corrected chi connectivity index (χ2v) is 11.4. The highest BCUT2D eigenvalue weighted by atomic mass is 32.2. The Hall–Kier alpha value is -2.43. The van der Waals surface area contributed by atoms with Crippen molar-refractivity contribution in [1.82, 2.24) is 4.98 Å². The normalized spacial score (nSPS) is 16.7. The van der Waals surface area contributed by atoms with E-state index in [2.05, 4.69) is 4.98 Å². The second kappa shape index (κ2) is 8.84. The molecule has 1 aromatic heterocycles. The van der Waals surface area contributed by atoms with E-state index in [0.717, 1.165) is 30.2 Å². The molecule has 0 N–H and O–H groups in total. The molecular weight excluding hydrogens is 458 g/mol. The predicted molar refractivity (Wildman–Crippen MR) is 119 cm³/mol. The van der Waals surface area contributed by atoms with Crippen LogP contribution >= 0.6 is 11.3 Å². The Morgan fingerprint density at radius 2 is 2.06 bits per heavy atom. The zero-order valence-electron chi connectivity index (χ0n) is 17.5. The lowest BCUT2D eigenvalue weighted by atomic mass is 10.2. The molecule has 2 aromatic carbocycles. The zero-order valence-corrected chi connectivity index (χ0v) is 19.2. The Morgan fingerprint density at radius 3 is 2.75 bits per heavy atom. The zero-order chi connectivity index (χ0) is 23.0. The van der Waals surface area contributed by atoms with Crippen molar-refractivity contribution in [3.8, 4) is 0 Å². The molecule has 0 spiro atoms. The lowest BCUT2D eigenvalue weighted by Crippen LogP contribution is -2.37. The molecule has 1 unspecified atom stereocenters. The third-order valence-electron chi connectivity index (χ3n) is 5.32. The minimum atomic E-state index is -3.58. The van der Waals surface area contributed by atoms with Crippen molar-refractivity contribution in [1.29, 1.82) is 0 Å². The number of amides is 1. The van der Waals surface area contributed by atoms with Gasteiger partial charge in [0.2, 0.25) is 0 Å². The van der Waals surface area contributed by atoms with E-state index in [1.54, 1.807) is 13.8 Å². The van der Waals surface area contributed by atoms with Gasteiger partial charge in [0.25, 0.3) is 5.91 Å². The maximum absolute atomic E-state index is 14.2. The number of aromatic nitrogens is 1. The molecule has 0 aliphatic carbocycles. The summed E-state index contributed by atoms with van der Waals surface area (Å²) in [5, 5.41) is -0.444. The van der Waals surface area contributed by atoms with E-state index in [4.69, 9.17) is 4.74 Å². The van der Waals surface area contributed by atoms with Gasteiger partial charge in [-0.3, -0.25) is 9.69 Å². The lowest BCUT2D eigenvalue weighted by molar-refractivity contribution is 0.0917. The first-order valence-electron chi connectivity index (χ1n) is 10.2. The van der Waals surface area contributed by atoms with Crippen molar-refractivity contribution in [2.24, 2.45) is 0 Å². The topological polar surface area (TPSA) is 76.6 Å². The van der Waals surface area contributed by atoms with Gasteiger partial charge in [0.05, 0.1) is 27.5 Å². The van der Waals surface area contributed by atoms with Gasteiger partial charge in [0, 0.05) is 18.2 Å². The Kier molecular flexibility index (Phi) is 6.28. The van der Waals surface area contributed by atoms with Gasteiger partial charge in [0.1, 0.15) is 11.3 Å². The number of sulfone groups is 1. The smallest absolute Gasteiger partial charge is 0.260 e. The van der Waals surface area contributed by atoms with Crippen LogP contribution in [0.5, 0.6) is 0 Å². The van der Waals surface area contributed by atoms with Crippen LogP contribution < -0.4 is 4.90 Å². The van der Waals surface area contributed by atoms with Crippen LogP contribution in [0.15, 0.2) is 41.3 Å². The summed E-state index contributed by atoms with van der Waals surface area (Å²) in [7, 11) is -3.58. The number of anilines is 1. The van der Waals surface area contributed by atoms with Crippen molar-refractivity contribution in [3.63, 3.8) is 0 Å². The number of fused-ring (bicyclic) bond motifs is 1. The van der Waals surface area contributed by atoms with Gasteiger partial charge in [-0.2, -0.15) is 0 Å². The van der Waals surface area contributed by atoms with E-state index >= 15 is 0 Å². The minimum Gasteiger partial charge on any atom is -0.376 e. The van der Waals surface area contributed by atoms with Crippen LogP contribution in [0, 0.1) is 11.6 Å². The second-order valence-electron chi connectivity index (χ2n) is 7.90. The third-order valence-corrected chi connectivity index (χ3v) is 8.50. The van der Waals surface area contributed by atoms with E-state index < -0.39 is 32.6 Å². The molecule has 0 saturated carbocycles. The van der Waals surface area contributed by atoms with E-state index in [9.17, 15) is 22.0 Å². The highest BCUT2D eigenvalue weighted by Crippen LogP contribution is 2.33. The Bertz CT molecular complexity index is 1270. The largest absolute Gasteiger partial charge is 0.376 e. The molecule has 1 aliphatic rings. The molecule has 1 aliphatic heterocycles. The highest BCUT2D eigenvalue weighted by molar-refractivity contribution is 7.92. The van der Waals surface area contributed by atoms with Crippen LogP contribution in [0.3, 0.4) is 0 Å². The Labute approximate surface area is 188 Å². The fourth-order valence-electron chi connectivity index (χ4n) is 3.53. The van der Waals surface area contributed by atoms with Gasteiger partial charge in [-0.25, -0.2) is 22.2 Å². The maximum Gasteiger partial charge on any atom is 0.260 e. The Balaban J connectivity index is 1.76. The summed E-state index contributed by atoms with van der Waals surface area (Å²) in [5.41, 5.74) is 0.142. The predicted octanol–water partition coefficient (Wildman–Crippen LogP) is 4.58. The van der Waals surface area contributed by atoms with Crippen LogP contribution in [0.1, 0.15) is 37.0 Å². The molecule has 4 rings (SSSR count). The van der Waals surface area contributed by atoms with Crippen molar-refractivity contribution >= 4 is 42.4 Å². The van der Waals surface area contributed by atoms with Crippen LogP contribution in [0.4, 0.5) is 13.9 Å². The maximum atomic E-state index is 14.2. The summed E-state index contributed by atoms with van der Waals surface area (Å²) in [4.78, 5) is 19.1. The van der Waals surface area contributed by atoms with E-state index in [1.807, 2.05) is 0 Å². The molecule has 1 atom stereocenters. The summed E-state index contributed by atoms with van der Waals surface area (Å²) in [6.45, 7) is 3.89. The fraction of sp³-hybridized carbons (Fsp3) is 0.364. The Morgan fingerprint density at radius 1 is 1.28 bits per heavy atom. The molecule has 6 nitrogen and oxygen atoms in total. The SMILES string of the molecule is CC(C)S(=O)(=O)c1cccc(C(=O)N(CC2CCCO2)c2nc3c(F)cc(F)cc3s2)c1. The van der Waals surface area contributed by atoms with Crippen molar-refractivity contribution in [3.05, 3.63) is 53.6 Å². The molecule has 0 radical (unpaired) electrons. The molecule has 2 heterocycles. The molecule has 32 heavy (non-hydrogen) atoms. The first-order valence-corrected chi connectivity index (χ1v) is 12.6. The molecule has 10 heteroatoms. The molecular formula is C22H22F2N2O4S2. The molecule has 1 fully saturated rings. The number of benzene rings is 2. The van der Waals surface area contributed by atoms with Crippen molar-refractivity contribution < 1.29 is 26.7 Å². The number of rotatable bonds is 6. The summed E-state index contributed by atoms with van der Waals surface area (Å²) in [6, 6.07) is 7.75. The monoisotopic (exact) mass is 480 g/mol. The van der Waals surface area contributed by atoms with Gasteiger partial charge in [-0.15, -0.1) is 0 Å². The standard InChI is InChI=1S/C22H22F2N2O4S2/c1-13(2)32(28,29)17-7-3-5-14(9-17)21(27)26(12-16-6-4-8-30-16)22-25-20-18(24)10-15(23)11-19(20)31-22/h3,5,7,9-11,13,16H,4,6,8,12H2,1-2H3. The number of ether oxygens (including phenoxy) is 1. The summed E-state index contributed by atoms with van der Waals surface area (Å²) in [6.07, 6.45) is 1.38. The van der Waals surface area contributed by atoms with Crippen molar-refractivity contribution in [2.45, 2.75) is 42.9 Å². The van der Waals surface area contributed by atoms with E-state index in [-0.39, 0.29) is 38.5 Å². The number of carbonyl (C=O) groups excluding carboxylic acids is 1. The van der Waals surface area contributed by atoms with Crippen LogP contribution in [-0.2, 0) is 14.6 Å². The number of nitrogens with zero attached hydrogens (tertiary/aromatic N) is 2. The fourth-order valence-corrected chi connectivity index (χ4v) is 5.65. The van der Waals surface area contributed by atoms with Gasteiger partial charge in [-0.1, -0.05) is 17.4 Å². The molecule has 0 bridgehead atoms. The molecule has 3 aromatic rings. The molecule has 170 valence electrons. The quantitative estimate of drug-likeness (QED) is 0.516. The minimum absolute atomic E-state index is 0.0207.